The number of nitrogens with zero attached hydrogens (tertiary/aromatic N) is 1. The molecule has 0 spiro atoms. The van der Waals surface area contributed by atoms with Gasteiger partial charge in [-0.15, -0.1) is 0 Å². The van der Waals surface area contributed by atoms with Gasteiger partial charge in [-0.3, -0.25) is 9.59 Å². The van der Waals surface area contributed by atoms with Crippen LogP contribution in [0.2, 0.25) is 0 Å². The number of hydrogen-bond donors (Lipinski definition) is 4. The molecule has 198 valence electrons. The quantitative estimate of drug-likeness (QED) is 0.272. The van der Waals surface area contributed by atoms with Crippen molar-refractivity contribution in [2.24, 2.45) is 0 Å². The Kier molecular flexibility index (Phi) is 11.7. The number of likely N-dealkylation sites (N-methyl/N-ethyl adjacent to an activating group) is 1. The highest BCUT2D eigenvalue weighted by molar-refractivity contribution is 5.88. The lowest BCUT2D eigenvalue weighted by Crippen LogP contribution is -2.42. The van der Waals surface area contributed by atoms with Crippen molar-refractivity contribution in [1.29, 1.82) is 0 Å². The van der Waals surface area contributed by atoms with E-state index in [-0.39, 0.29) is 0 Å². The molecular formula is C23H35NO11. The normalized spacial score (nSPS) is 16.4. The molecule has 0 aliphatic carbocycles. The number of hydrogen-bond acceptors (Lipinski definition) is 9. The van der Waals surface area contributed by atoms with Gasteiger partial charge < -0.3 is 44.3 Å². The predicted octanol–water partition coefficient (Wildman–Crippen LogP) is 1.68. The molecule has 0 amide bonds. The van der Waals surface area contributed by atoms with Gasteiger partial charge in [0.25, 0.3) is 5.79 Å². The highest BCUT2D eigenvalue weighted by atomic mass is 16.7. The van der Waals surface area contributed by atoms with Crippen LogP contribution >= 0.6 is 0 Å². The van der Waals surface area contributed by atoms with E-state index in [1.807, 2.05) is 25.1 Å². The number of benzene rings is 1. The van der Waals surface area contributed by atoms with Crippen LogP contribution in [0.5, 0.6) is 17.2 Å². The molecule has 12 heteroatoms. The maximum Gasteiger partial charge on any atom is 0.336 e. The first-order chi connectivity index (χ1) is 16.4. The summed E-state index contributed by atoms with van der Waals surface area (Å²) in [6.07, 6.45) is -1.62. The number of aliphatic carboxylic acids is 3. The third-order valence-electron chi connectivity index (χ3n) is 5.24. The topological polar surface area (TPSA) is 172 Å². The van der Waals surface area contributed by atoms with Crippen molar-refractivity contribution in [3.8, 4) is 17.2 Å². The highest BCUT2D eigenvalue weighted by Crippen LogP contribution is 2.46. The molecule has 1 unspecified atom stereocenters. The Morgan fingerprint density at radius 3 is 2.11 bits per heavy atom. The van der Waals surface area contributed by atoms with Gasteiger partial charge in [0, 0.05) is 19.9 Å². The van der Waals surface area contributed by atoms with Crippen molar-refractivity contribution < 1.29 is 53.8 Å². The second kappa shape index (κ2) is 13.7. The van der Waals surface area contributed by atoms with Gasteiger partial charge in [-0.25, -0.2) is 4.79 Å². The summed E-state index contributed by atoms with van der Waals surface area (Å²) in [6, 6.07) is 5.66. The van der Waals surface area contributed by atoms with Gasteiger partial charge >= 0.3 is 17.9 Å². The molecule has 2 rings (SSSR count). The SMILES string of the molecule is CCN(CC)CCOCCC1(C)Oc2cccc(OC)c2O1.O=C(O)CC(O)(CC(=O)O)C(=O)O. The van der Waals surface area contributed by atoms with Gasteiger partial charge in [0.15, 0.2) is 17.1 Å². The highest BCUT2D eigenvalue weighted by Gasteiger charge is 2.41. The summed E-state index contributed by atoms with van der Waals surface area (Å²) in [5.41, 5.74) is -2.74. The van der Waals surface area contributed by atoms with Gasteiger partial charge in [-0.05, 0) is 25.2 Å². The first kappa shape index (κ1) is 29.9. The Bertz CT molecular complexity index is 840. The monoisotopic (exact) mass is 501 g/mol. The van der Waals surface area contributed by atoms with Crippen LogP contribution in [0.1, 0.15) is 40.0 Å². The standard InChI is InChI=1S/C17H27NO4.C6H8O7/c1-5-18(6-2)11-13-20-12-10-17(3)21-15-9-7-8-14(19-4)16(15)22-17;7-3(8)1-6(13,5(11)12)2-4(9)10/h7-9H,5-6,10-13H2,1-4H3;13H,1-2H2,(H,7,8)(H,9,10)(H,11,12). The van der Waals surface area contributed by atoms with Crippen LogP contribution in [-0.4, -0.2) is 94.6 Å². The summed E-state index contributed by atoms with van der Waals surface area (Å²) >= 11 is 0. The second-order valence-electron chi connectivity index (χ2n) is 7.99. The average Bonchev–Trinajstić information content (AvgIpc) is 3.12. The molecule has 1 atom stereocenters. The molecule has 12 nitrogen and oxygen atoms in total. The maximum atomic E-state index is 10.3. The van der Waals surface area contributed by atoms with E-state index in [4.69, 9.17) is 39.4 Å². The van der Waals surface area contributed by atoms with Crippen LogP contribution < -0.4 is 14.2 Å². The lowest BCUT2D eigenvalue weighted by molar-refractivity contribution is -0.170. The summed E-state index contributed by atoms with van der Waals surface area (Å²) in [4.78, 5) is 32.8. The number of carboxylic acid groups (broad SMARTS) is 3. The third kappa shape index (κ3) is 9.59. The van der Waals surface area contributed by atoms with Crippen LogP contribution in [0.3, 0.4) is 0 Å². The number of para-hydroxylation sites is 1. The van der Waals surface area contributed by atoms with E-state index in [2.05, 4.69) is 18.7 Å². The summed E-state index contributed by atoms with van der Waals surface area (Å²) in [6.45, 7) is 10.7. The van der Waals surface area contributed by atoms with Crippen LogP contribution in [0, 0.1) is 0 Å². The van der Waals surface area contributed by atoms with Crippen LogP contribution in [-0.2, 0) is 19.1 Å². The predicted molar refractivity (Wildman–Crippen MR) is 123 cm³/mol. The molecule has 1 aromatic rings. The Morgan fingerprint density at radius 2 is 1.63 bits per heavy atom. The van der Waals surface area contributed by atoms with Crippen molar-refractivity contribution >= 4 is 17.9 Å². The molecule has 0 radical (unpaired) electrons. The smallest absolute Gasteiger partial charge is 0.336 e. The number of methoxy groups -OCH3 is 1. The van der Waals surface area contributed by atoms with Crippen molar-refractivity contribution in [1.82, 2.24) is 4.90 Å². The van der Waals surface area contributed by atoms with Crippen molar-refractivity contribution in [2.75, 3.05) is 40.0 Å². The van der Waals surface area contributed by atoms with E-state index in [0.717, 1.165) is 32.0 Å². The Hall–Kier alpha value is -3.09. The van der Waals surface area contributed by atoms with E-state index >= 15 is 0 Å². The van der Waals surface area contributed by atoms with Crippen LogP contribution in [0.15, 0.2) is 18.2 Å². The molecule has 1 heterocycles. The molecule has 1 aliphatic rings. The zero-order chi connectivity index (χ0) is 26.6. The van der Waals surface area contributed by atoms with Gasteiger partial charge in [0.1, 0.15) is 0 Å². The summed E-state index contributed by atoms with van der Waals surface area (Å²) in [5, 5.41) is 33.8. The van der Waals surface area contributed by atoms with Crippen LogP contribution in [0.25, 0.3) is 0 Å². The van der Waals surface area contributed by atoms with E-state index in [0.29, 0.717) is 24.5 Å². The number of ether oxygens (including phenoxy) is 4. The van der Waals surface area contributed by atoms with Crippen molar-refractivity contribution in [2.45, 2.75) is 51.4 Å². The van der Waals surface area contributed by atoms with Crippen LogP contribution in [0.4, 0.5) is 0 Å². The minimum Gasteiger partial charge on any atom is -0.493 e. The maximum absolute atomic E-state index is 10.3. The summed E-state index contributed by atoms with van der Waals surface area (Å²) in [7, 11) is 1.63. The number of carbonyl (C=O) groups is 3. The molecule has 1 aromatic carbocycles. The molecule has 35 heavy (non-hydrogen) atoms. The van der Waals surface area contributed by atoms with E-state index < -0.39 is 42.1 Å². The molecule has 0 saturated heterocycles. The number of aliphatic hydroxyl groups is 1. The Labute approximate surface area is 204 Å². The molecule has 0 bridgehead atoms. The fraction of sp³-hybridized carbons (Fsp3) is 0.609. The number of fused-ring (bicyclic) bond motifs is 1. The molecule has 4 N–H and O–H groups in total. The lowest BCUT2D eigenvalue weighted by atomic mass is 9.96. The molecule has 0 aromatic heterocycles. The average molecular weight is 502 g/mol. The van der Waals surface area contributed by atoms with Crippen molar-refractivity contribution in [3.63, 3.8) is 0 Å². The zero-order valence-corrected chi connectivity index (χ0v) is 20.5. The van der Waals surface area contributed by atoms with Gasteiger partial charge in [0.05, 0.1) is 33.2 Å². The fourth-order valence-corrected chi connectivity index (χ4v) is 3.22. The molecule has 1 aliphatic heterocycles. The molecule has 0 fully saturated rings. The Balaban J connectivity index is 0.000000405. The minimum atomic E-state index is -2.74. The second-order valence-corrected chi connectivity index (χ2v) is 7.99. The minimum absolute atomic E-state index is 0.605. The van der Waals surface area contributed by atoms with Gasteiger partial charge in [0.2, 0.25) is 5.75 Å². The molecule has 0 saturated carbocycles. The van der Waals surface area contributed by atoms with Gasteiger partial charge in [-0.1, -0.05) is 19.9 Å². The zero-order valence-electron chi connectivity index (χ0n) is 20.5. The van der Waals surface area contributed by atoms with E-state index in [1.54, 1.807) is 7.11 Å². The number of rotatable bonds is 14. The Morgan fingerprint density at radius 1 is 1.03 bits per heavy atom. The van der Waals surface area contributed by atoms with Crippen molar-refractivity contribution in [3.05, 3.63) is 18.2 Å². The first-order valence-corrected chi connectivity index (χ1v) is 11.1. The third-order valence-corrected chi connectivity index (χ3v) is 5.24. The largest absolute Gasteiger partial charge is 0.493 e. The summed E-state index contributed by atoms with van der Waals surface area (Å²) in [5.74, 6) is -3.61. The fourth-order valence-electron chi connectivity index (χ4n) is 3.22. The van der Waals surface area contributed by atoms with E-state index in [9.17, 15) is 14.4 Å². The summed E-state index contributed by atoms with van der Waals surface area (Å²) < 4.78 is 22.9. The van der Waals surface area contributed by atoms with Gasteiger partial charge in [-0.2, -0.15) is 0 Å². The van der Waals surface area contributed by atoms with E-state index in [1.165, 1.54) is 0 Å². The lowest BCUT2D eigenvalue weighted by Gasteiger charge is -2.23. The number of carboxylic acids is 3. The first-order valence-electron chi connectivity index (χ1n) is 11.1. The molecular weight excluding hydrogens is 466 g/mol.